The molecule has 0 unspecified atom stereocenters. The van der Waals surface area contributed by atoms with Crippen molar-refractivity contribution in [2.45, 2.75) is 31.7 Å². The maximum absolute atomic E-state index is 11.1. The van der Waals surface area contributed by atoms with E-state index in [1.807, 2.05) is 0 Å². The van der Waals surface area contributed by atoms with E-state index in [1.54, 1.807) is 18.9 Å². The minimum atomic E-state index is -0.424. The van der Waals surface area contributed by atoms with Gasteiger partial charge in [-0.2, -0.15) is 0 Å². The second-order valence-electron chi connectivity index (χ2n) is 3.03. The Hall–Kier alpha value is -0.860. The summed E-state index contributed by atoms with van der Waals surface area (Å²) in [7, 11) is 1.70. The molecular formula is C8H13NO2. The third kappa shape index (κ3) is 1.27. The second-order valence-corrected chi connectivity index (χ2v) is 3.03. The molecule has 1 saturated carbocycles. The minimum Gasteiger partial charge on any atom is -0.333 e. The minimum absolute atomic E-state index is 0.0506. The lowest BCUT2D eigenvalue weighted by Gasteiger charge is -2.22. The first-order valence-electron chi connectivity index (χ1n) is 3.89. The SMILES string of the molecule is CCC(=O)N(C)C1(C=O)CC1. The maximum atomic E-state index is 11.1. The van der Waals surface area contributed by atoms with Crippen molar-refractivity contribution in [1.29, 1.82) is 0 Å². The van der Waals surface area contributed by atoms with Crippen molar-refractivity contribution in [3.8, 4) is 0 Å². The van der Waals surface area contributed by atoms with Crippen LogP contribution in [0.25, 0.3) is 0 Å². The van der Waals surface area contributed by atoms with E-state index in [0.29, 0.717) is 6.42 Å². The number of rotatable bonds is 3. The molecule has 1 amide bonds. The van der Waals surface area contributed by atoms with Gasteiger partial charge in [0.1, 0.15) is 6.29 Å². The van der Waals surface area contributed by atoms with Crippen LogP contribution in [0, 0.1) is 0 Å². The average molecular weight is 155 g/mol. The van der Waals surface area contributed by atoms with Crippen LogP contribution in [0.4, 0.5) is 0 Å². The van der Waals surface area contributed by atoms with Crippen molar-refractivity contribution in [1.82, 2.24) is 4.90 Å². The molecule has 0 radical (unpaired) electrons. The van der Waals surface area contributed by atoms with Gasteiger partial charge in [0.2, 0.25) is 5.91 Å². The number of hydrogen-bond donors (Lipinski definition) is 0. The van der Waals surface area contributed by atoms with E-state index in [1.165, 1.54) is 0 Å². The number of aldehydes is 1. The lowest BCUT2D eigenvalue weighted by Crippen LogP contribution is -2.39. The van der Waals surface area contributed by atoms with E-state index in [9.17, 15) is 9.59 Å². The third-order valence-corrected chi connectivity index (χ3v) is 2.33. The molecule has 0 N–H and O–H groups in total. The Bertz CT molecular complexity index is 185. The summed E-state index contributed by atoms with van der Waals surface area (Å²) in [6.07, 6.45) is 3.03. The van der Waals surface area contributed by atoms with E-state index < -0.39 is 5.54 Å². The Morgan fingerprint density at radius 2 is 2.18 bits per heavy atom. The van der Waals surface area contributed by atoms with E-state index in [0.717, 1.165) is 19.1 Å². The molecule has 1 aliphatic carbocycles. The summed E-state index contributed by atoms with van der Waals surface area (Å²) in [4.78, 5) is 23.3. The van der Waals surface area contributed by atoms with Crippen LogP contribution >= 0.6 is 0 Å². The van der Waals surface area contributed by atoms with Crippen molar-refractivity contribution >= 4 is 12.2 Å². The Balaban J connectivity index is 2.60. The first-order valence-corrected chi connectivity index (χ1v) is 3.89. The molecule has 0 aromatic carbocycles. The van der Waals surface area contributed by atoms with Crippen LogP contribution in [0.2, 0.25) is 0 Å². The fraction of sp³-hybridized carbons (Fsp3) is 0.750. The largest absolute Gasteiger partial charge is 0.333 e. The number of likely N-dealkylation sites (N-methyl/N-ethyl adjacent to an activating group) is 1. The van der Waals surface area contributed by atoms with Crippen LogP contribution in [-0.2, 0) is 9.59 Å². The fourth-order valence-corrected chi connectivity index (χ4v) is 1.15. The first kappa shape index (κ1) is 8.24. The van der Waals surface area contributed by atoms with Crippen LogP contribution in [0.5, 0.6) is 0 Å². The van der Waals surface area contributed by atoms with Crippen LogP contribution < -0.4 is 0 Å². The zero-order valence-corrected chi connectivity index (χ0v) is 6.96. The highest BCUT2D eigenvalue weighted by Crippen LogP contribution is 2.38. The molecule has 1 rings (SSSR count). The Morgan fingerprint density at radius 3 is 2.45 bits per heavy atom. The Kier molecular flexibility index (Phi) is 1.98. The first-order chi connectivity index (χ1) is 5.16. The number of carbonyl (C=O) groups is 2. The van der Waals surface area contributed by atoms with Crippen LogP contribution in [0.3, 0.4) is 0 Å². The molecule has 1 aliphatic rings. The molecule has 0 heterocycles. The topological polar surface area (TPSA) is 37.4 Å². The van der Waals surface area contributed by atoms with E-state index >= 15 is 0 Å². The van der Waals surface area contributed by atoms with Gasteiger partial charge in [0.25, 0.3) is 0 Å². The smallest absolute Gasteiger partial charge is 0.222 e. The molecule has 0 bridgehead atoms. The highest BCUT2D eigenvalue weighted by Gasteiger charge is 2.48. The summed E-state index contributed by atoms with van der Waals surface area (Å²) in [6, 6.07) is 0. The summed E-state index contributed by atoms with van der Waals surface area (Å²) in [5, 5.41) is 0. The van der Waals surface area contributed by atoms with Gasteiger partial charge in [0, 0.05) is 13.5 Å². The van der Waals surface area contributed by atoms with E-state index in [2.05, 4.69) is 0 Å². The Morgan fingerprint density at radius 1 is 1.64 bits per heavy atom. The summed E-state index contributed by atoms with van der Waals surface area (Å²) in [6.45, 7) is 1.81. The highest BCUT2D eigenvalue weighted by molar-refractivity contribution is 5.83. The van der Waals surface area contributed by atoms with Crippen LogP contribution in [0.15, 0.2) is 0 Å². The quantitative estimate of drug-likeness (QED) is 0.559. The van der Waals surface area contributed by atoms with Crippen molar-refractivity contribution in [3.05, 3.63) is 0 Å². The fourth-order valence-electron chi connectivity index (χ4n) is 1.15. The molecule has 0 atom stereocenters. The van der Waals surface area contributed by atoms with Gasteiger partial charge >= 0.3 is 0 Å². The monoisotopic (exact) mass is 155 g/mol. The van der Waals surface area contributed by atoms with Gasteiger partial charge in [-0.1, -0.05) is 6.92 Å². The molecule has 0 saturated heterocycles. The molecule has 1 fully saturated rings. The van der Waals surface area contributed by atoms with Crippen molar-refractivity contribution in [2.75, 3.05) is 7.05 Å². The van der Waals surface area contributed by atoms with Gasteiger partial charge in [0.05, 0.1) is 5.54 Å². The molecule has 0 aromatic rings. The van der Waals surface area contributed by atoms with Crippen molar-refractivity contribution in [2.24, 2.45) is 0 Å². The second kappa shape index (κ2) is 2.64. The zero-order valence-electron chi connectivity index (χ0n) is 6.96. The average Bonchev–Trinajstić information content (AvgIpc) is 2.82. The number of carbonyl (C=O) groups excluding carboxylic acids is 2. The van der Waals surface area contributed by atoms with Crippen molar-refractivity contribution in [3.63, 3.8) is 0 Å². The van der Waals surface area contributed by atoms with Crippen LogP contribution in [-0.4, -0.2) is 29.7 Å². The summed E-state index contributed by atoms with van der Waals surface area (Å²) >= 11 is 0. The Labute approximate surface area is 66.4 Å². The van der Waals surface area contributed by atoms with Gasteiger partial charge < -0.3 is 9.69 Å². The molecule has 0 spiro atoms. The summed E-state index contributed by atoms with van der Waals surface area (Å²) in [5.41, 5.74) is -0.424. The van der Waals surface area contributed by atoms with Gasteiger partial charge in [-0.3, -0.25) is 4.79 Å². The predicted molar refractivity (Wildman–Crippen MR) is 41.1 cm³/mol. The van der Waals surface area contributed by atoms with Gasteiger partial charge in [-0.25, -0.2) is 0 Å². The lowest BCUT2D eigenvalue weighted by molar-refractivity contribution is -0.135. The van der Waals surface area contributed by atoms with Gasteiger partial charge in [-0.05, 0) is 12.8 Å². The van der Waals surface area contributed by atoms with Gasteiger partial charge in [-0.15, -0.1) is 0 Å². The van der Waals surface area contributed by atoms with E-state index in [-0.39, 0.29) is 5.91 Å². The zero-order chi connectivity index (χ0) is 8.48. The molecule has 62 valence electrons. The summed E-state index contributed by atoms with van der Waals surface area (Å²) < 4.78 is 0. The highest BCUT2D eigenvalue weighted by atomic mass is 16.2. The number of nitrogens with zero attached hydrogens (tertiary/aromatic N) is 1. The third-order valence-electron chi connectivity index (χ3n) is 2.33. The van der Waals surface area contributed by atoms with Crippen LogP contribution in [0.1, 0.15) is 26.2 Å². The number of hydrogen-bond acceptors (Lipinski definition) is 2. The lowest BCUT2D eigenvalue weighted by atomic mass is 10.2. The standard InChI is InChI=1S/C8H13NO2/c1-3-7(11)9(2)8(6-10)4-5-8/h6H,3-5H2,1-2H3. The molecular weight excluding hydrogens is 142 g/mol. The predicted octanol–water partition coefficient (Wildman–Crippen LogP) is 0.586. The molecule has 3 nitrogen and oxygen atoms in total. The van der Waals surface area contributed by atoms with Gasteiger partial charge in [0.15, 0.2) is 0 Å². The van der Waals surface area contributed by atoms with Crippen molar-refractivity contribution < 1.29 is 9.59 Å². The number of amides is 1. The maximum Gasteiger partial charge on any atom is 0.222 e. The molecule has 0 aliphatic heterocycles. The normalized spacial score (nSPS) is 19.1. The summed E-state index contributed by atoms with van der Waals surface area (Å²) in [5.74, 6) is 0.0506. The van der Waals surface area contributed by atoms with E-state index in [4.69, 9.17) is 0 Å². The molecule has 0 aromatic heterocycles. The molecule has 3 heteroatoms. The molecule has 11 heavy (non-hydrogen) atoms.